The summed E-state index contributed by atoms with van der Waals surface area (Å²) in [5.74, 6) is 0. The van der Waals surface area contributed by atoms with E-state index in [1.807, 2.05) is 11.0 Å². The van der Waals surface area contributed by atoms with Crippen molar-refractivity contribution in [3.63, 3.8) is 0 Å². The lowest BCUT2D eigenvalue weighted by Crippen LogP contribution is -2.52. The van der Waals surface area contributed by atoms with Crippen molar-refractivity contribution in [3.05, 3.63) is 47.5 Å². The Kier molecular flexibility index (Phi) is 4.56. The van der Waals surface area contributed by atoms with Crippen LogP contribution in [0, 0.1) is 0 Å². The van der Waals surface area contributed by atoms with Crippen molar-refractivity contribution in [3.8, 4) is 0 Å². The molecule has 0 aromatic heterocycles. The van der Waals surface area contributed by atoms with E-state index in [0.717, 1.165) is 38.6 Å². The van der Waals surface area contributed by atoms with E-state index in [4.69, 9.17) is 4.74 Å². The Morgan fingerprint density at radius 1 is 1.25 bits per heavy atom. The number of rotatable bonds is 3. The molecule has 4 nitrogen and oxygen atoms in total. The minimum absolute atomic E-state index is 0.0785. The lowest BCUT2D eigenvalue weighted by atomic mass is 9.96. The first-order valence-corrected chi connectivity index (χ1v) is 9.24. The Bertz CT molecular complexity index is 613. The van der Waals surface area contributed by atoms with Crippen molar-refractivity contribution in [2.24, 2.45) is 0 Å². The molecule has 1 aliphatic carbocycles. The summed E-state index contributed by atoms with van der Waals surface area (Å²) in [6.45, 7) is 1.55. The van der Waals surface area contributed by atoms with Crippen LogP contribution in [0.15, 0.2) is 42.0 Å². The van der Waals surface area contributed by atoms with E-state index in [2.05, 4.69) is 35.7 Å². The number of benzene rings is 1. The number of piperidine rings is 1. The highest BCUT2D eigenvalue weighted by Crippen LogP contribution is 2.39. The molecule has 2 aliphatic heterocycles. The predicted octanol–water partition coefficient (Wildman–Crippen LogP) is 3.80. The lowest BCUT2D eigenvalue weighted by Gasteiger charge is -2.36. The fourth-order valence-corrected chi connectivity index (χ4v) is 4.27. The second-order valence-corrected chi connectivity index (χ2v) is 7.13. The van der Waals surface area contributed by atoms with Gasteiger partial charge in [-0.3, -0.25) is 0 Å². The summed E-state index contributed by atoms with van der Waals surface area (Å²) in [5, 5.41) is 3.12. The third kappa shape index (κ3) is 3.20. The van der Waals surface area contributed by atoms with E-state index in [9.17, 15) is 4.79 Å². The minimum atomic E-state index is 0.0785. The largest absolute Gasteiger partial charge is 0.368 e. The van der Waals surface area contributed by atoms with Gasteiger partial charge < -0.3 is 15.0 Å². The zero-order chi connectivity index (χ0) is 16.4. The van der Waals surface area contributed by atoms with Gasteiger partial charge in [0.15, 0.2) is 0 Å². The van der Waals surface area contributed by atoms with Crippen LogP contribution < -0.4 is 5.32 Å². The van der Waals surface area contributed by atoms with Crippen molar-refractivity contribution in [2.45, 2.75) is 56.8 Å². The molecule has 4 rings (SSSR count). The van der Waals surface area contributed by atoms with Crippen LogP contribution >= 0.6 is 0 Å². The molecule has 128 valence electrons. The molecule has 0 bridgehead atoms. The number of hydrogen-bond donors (Lipinski definition) is 1. The van der Waals surface area contributed by atoms with Gasteiger partial charge in [-0.2, -0.15) is 0 Å². The molecular weight excluding hydrogens is 300 g/mol. The van der Waals surface area contributed by atoms with Crippen molar-refractivity contribution >= 4 is 6.03 Å². The van der Waals surface area contributed by atoms with Crippen LogP contribution in [0.25, 0.3) is 0 Å². The van der Waals surface area contributed by atoms with Crippen molar-refractivity contribution in [1.82, 2.24) is 10.2 Å². The number of amides is 2. The molecule has 2 heterocycles. The highest BCUT2D eigenvalue weighted by Gasteiger charge is 2.43. The molecule has 1 aromatic carbocycles. The van der Waals surface area contributed by atoms with Gasteiger partial charge in [-0.05, 0) is 37.7 Å². The van der Waals surface area contributed by atoms with E-state index in [1.54, 1.807) is 0 Å². The van der Waals surface area contributed by atoms with Crippen LogP contribution in [0.2, 0.25) is 0 Å². The molecule has 0 saturated carbocycles. The molecule has 2 fully saturated rings. The van der Waals surface area contributed by atoms with Crippen LogP contribution in [-0.2, 0) is 4.74 Å². The Morgan fingerprint density at radius 3 is 2.92 bits per heavy atom. The maximum atomic E-state index is 12.7. The Labute approximate surface area is 143 Å². The van der Waals surface area contributed by atoms with E-state index in [0.29, 0.717) is 6.54 Å². The van der Waals surface area contributed by atoms with Crippen LogP contribution in [0.1, 0.15) is 50.2 Å². The highest BCUT2D eigenvalue weighted by molar-refractivity contribution is 5.75. The summed E-state index contributed by atoms with van der Waals surface area (Å²) in [5.41, 5.74) is 2.60. The molecule has 1 N–H and O–H groups in total. The number of likely N-dealkylation sites (tertiary alicyclic amines) is 1. The quantitative estimate of drug-likeness (QED) is 0.859. The maximum absolute atomic E-state index is 12.7. The summed E-state index contributed by atoms with van der Waals surface area (Å²) >= 11 is 0. The van der Waals surface area contributed by atoms with E-state index >= 15 is 0 Å². The predicted molar refractivity (Wildman–Crippen MR) is 93.7 cm³/mol. The molecular formula is C20H26N2O2. The van der Waals surface area contributed by atoms with E-state index < -0.39 is 0 Å². The molecule has 2 saturated heterocycles. The number of hydrogen-bond acceptors (Lipinski definition) is 2. The van der Waals surface area contributed by atoms with Crippen LogP contribution in [0.3, 0.4) is 0 Å². The Hall–Kier alpha value is -1.81. The molecule has 0 radical (unpaired) electrons. The summed E-state index contributed by atoms with van der Waals surface area (Å²) in [6, 6.07) is 10.7. The smallest absolute Gasteiger partial charge is 0.317 e. The van der Waals surface area contributed by atoms with Crippen molar-refractivity contribution < 1.29 is 9.53 Å². The minimum Gasteiger partial charge on any atom is -0.368 e. The maximum Gasteiger partial charge on any atom is 0.317 e. The van der Waals surface area contributed by atoms with Gasteiger partial charge in [0.2, 0.25) is 0 Å². The van der Waals surface area contributed by atoms with Gasteiger partial charge in [0, 0.05) is 19.5 Å². The van der Waals surface area contributed by atoms with E-state index in [-0.39, 0.29) is 24.3 Å². The third-order valence-electron chi connectivity index (χ3n) is 5.55. The van der Waals surface area contributed by atoms with Gasteiger partial charge in [-0.25, -0.2) is 4.79 Å². The monoisotopic (exact) mass is 326 g/mol. The molecule has 2 amide bonds. The van der Waals surface area contributed by atoms with Gasteiger partial charge in [-0.1, -0.05) is 42.0 Å². The van der Waals surface area contributed by atoms with Gasteiger partial charge in [0.25, 0.3) is 0 Å². The number of allylic oxidation sites excluding steroid dienone is 1. The topological polar surface area (TPSA) is 41.6 Å². The number of carbonyl (C=O) groups is 1. The number of nitrogens with zero attached hydrogens (tertiary/aromatic N) is 1. The van der Waals surface area contributed by atoms with Crippen molar-refractivity contribution in [1.29, 1.82) is 0 Å². The lowest BCUT2D eigenvalue weighted by molar-refractivity contribution is 0.00561. The standard InChI is InChI=1S/C20H26N2O2/c23-20(21-14-15-7-4-5-8-15)22-12-6-11-18-17(22)13-19(24-18)16-9-2-1-3-10-16/h1-3,7,9-10,17-19H,4-6,8,11-14H2,(H,21,23)/t17-,18-,19-/m0/s1. The van der Waals surface area contributed by atoms with Crippen LogP contribution in [0.5, 0.6) is 0 Å². The number of fused-ring (bicyclic) bond motifs is 1. The molecule has 3 atom stereocenters. The second-order valence-electron chi connectivity index (χ2n) is 7.13. The van der Waals surface area contributed by atoms with Crippen LogP contribution in [0.4, 0.5) is 4.79 Å². The first-order chi connectivity index (χ1) is 11.8. The number of nitrogens with one attached hydrogen (secondary N) is 1. The molecule has 0 spiro atoms. The summed E-state index contributed by atoms with van der Waals surface area (Å²) in [4.78, 5) is 14.7. The van der Waals surface area contributed by atoms with Gasteiger partial charge in [0.05, 0.1) is 18.2 Å². The SMILES string of the molecule is O=C(NCC1=CCCC1)N1CCC[C@@H]2O[C@H](c3ccccc3)C[C@@H]21. The fraction of sp³-hybridized carbons (Fsp3) is 0.550. The highest BCUT2D eigenvalue weighted by atomic mass is 16.5. The molecule has 3 aliphatic rings. The zero-order valence-corrected chi connectivity index (χ0v) is 14.1. The van der Waals surface area contributed by atoms with Gasteiger partial charge in [0.1, 0.15) is 0 Å². The molecule has 0 unspecified atom stereocenters. The molecule has 1 aromatic rings. The summed E-state index contributed by atoms with van der Waals surface area (Å²) in [6.07, 6.45) is 9.08. The van der Waals surface area contributed by atoms with Gasteiger partial charge in [-0.15, -0.1) is 0 Å². The number of ether oxygens (including phenoxy) is 1. The average Bonchev–Trinajstić information content (AvgIpc) is 3.29. The Morgan fingerprint density at radius 2 is 2.12 bits per heavy atom. The molecule has 4 heteroatoms. The fourth-order valence-electron chi connectivity index (χ4n) is 4.27. The summed E-state index contributed by atoms with van der Waals surface area (Å²) < 4.78 is 6.28. The first kappa shape index (κ1) is 15.7. The third-order valence-corrected chi connectivity index (χ3v) is 5.55. The number of carbonyl (C=O) groups excluding carboxylic acids is 1. The van der Waals surface area contributed by atoms with Crippen LogP contribution in [-0.4, -0.2) is 36.2 Å². The normalized spacial score (nSPS) is 29.2. The second kappa shape index (κ2) is 6.98. The zero-order valence-electron chi connectivity index (χ0n) is 14.1. The number of urea groups is 1. The first-order valence-electron chi connectivity index (χ1n) is 9.24. The molecule has 24 heavy (non-hydrogen) atoms. The average molecular weight is 326 g/mol. The van der Waals surface area contributed by atoms with E-state index in [1.165, 1.54) is 17.6 Å². The summed E-state index contributed by atoms with van der Waals surface area (Å²) in [7, 11) is 0. The Balaban J connectivity index is 1.40. The van der Waals surface area contributed by atoms with Crippen molar-refractivity contribution in [2.75, 3.05) is 13.1 Å². The van der Waals surface area contributed by atoms with Gasteiger partial charge >= 0.3 is 6.03 Å².